The first kappa shape index (κ1) is 13.9. The van der Waals surface area contributed by atoms with E-state index in [9.17, 15) is 0 Å². The third-order valence-corrected chi connectivity index (χ3v) is 5.20. The number of halogens is 1. The Morgan fingerprint density at radius 3 is 2.90 bits per heavy atom. The van der Waals surface area contributed by atoms with Crippen molar-refractivity contribution in [1.29, 1.82) is 0 Å². The zero-order valence-corrected chi connectivity index (χ0v) is 13.7. The monoisotopic (exact) mass is 348 g/mol. The second-order valence-electron chi connectivity index (χ2n) is 4.88. The van der Waals surface area contributed by atoms with Crippen molar-refractivity contribution in [3.05, 3.63) is 57.3 Å². The molecule has 1 unspecified atom stereocenters. The molecule has 0 aliphatic carbocycles. The first-order valence-corrected chi connectivity index (χ1v) is 8.43. The molecular formula is C16H17BrN2S. The Labute approximate surface area is 131 Å². The summed E-state index contributed by atoms with van der Waals surface area (Å²) < 4.78 is 3.47. The summed E-state index contributed by atoms with van der Waals surface area (Å²) in [6.45, 7) is 4.15. The Morgan fingerprint density at radius 2 is 2.10 bits per heavy atom. The molecule has 1 atom stereocenters. The molecule has 1 aromatic carbocycles. The lowest BCUT2D eigenvalue weighted by Crippen LogP contribution is -2.22. The highest BCUT2D eigenvalue weighted by atomic mass is 79.9. The number of nitrogens with zero attached hydrogens (tertiary/aromatic N) is 1. The molecule has 0 saturated carbocycles. The van der Waals surface area contributed by atoms with Crippen molar-refractivity contribution in [1.82, 2.24) is 9.88 Å². The maximum absolute atomic E-state index is 3.63. The van der Waals surface area contributed by atoms with Crippen LogP contribution in [0.3, 0.4) is 0 Å². The molecular weight excluding hydrogens is 332 g/mol. The predicted octanol–water partition coefficient (Wildman–Crippen LogP) is 4.82. The second-order valence-corrected chi connectivity index (χ2v) is 6.71. The lowest BCUT2D eigenvalue weighted by Gasteiger charge is -2.13. The summed E-state index contributed by atoms with van der Waals surface area (Å²) in [6.07, 6.45) is 2.17. The lowest BCUT2D eigenvalue weighted by atomic mass is 10.2. The van der Waals surface area contributed by atoms with Gasteiger partial charge in [-0.1, -0.05) is 24.3 Å². The second kappa shape index (κ2) is 6.12. The minimum Gasteiger partial charge on any atom is -0.345 e. The zero-order valence-electron chi connectivity index (χ0n) is 11.3. The average Bonchev–Trinajstić information content (AvgIpc) is 3.09. The van der Waals surface area contributed by atoms with E-state index in [1.807, 2.05) is 11.3 Å². The Bertz CT molecular complexity index is 688. The van der Waals surface area contributed by atoms with Crippen molar-refractivity contribution in [2.75, 3.05) is 6.54 Å². The van der Waals surface area contributed by atoms with Crippen LogP contribution >= 0.6 is 27.3 Å². The molecule has 0 radical (unpaired) electrons. The van der Waals surface area contributed by atoms with Gasteiger partial charge in [0.15, 0.2) is 0 Å². The molecule has 0 aliphatic rings. The van der Waals surface area contributed by atoms with Gasteiger partial charge in [-0.05, 0) is 40.4 Å². The van der Waals surface area contributed by atoms with Crippen LogP contribution in [-0.2, 0) is 6.54 Å². The zero-order chi connectivity index (χ0) is 13.9. The van der Waals surface area contributed by atoms with E-state index in [-0.39, 0.29) is 0 Å². The Balaban J connectivity index is 1.66. The molecule has 0 spiro atoms. The summed E-state index contributed by atoms with van der Waals surface area (Å²) in [5, 5.41) is 6.99. The fourth-order valence-electron chi connectivity index (χ4n) is 2.43. The number of fused-ring (bicyclic) bond motifs is 1. The molecule has 0 saturated heterocycles. The van der Waals surface area contributed by atoms with Gasteiger partial charge in [0.1, 0.15) is 0 Å². The third-order valence-electron chi connectivity index (χ3n) is 3.51. The molecule has 0 aliphatic heterocycles. The normalized spacial score (nSPS) is 12.9. The number of aromatic nitrogens is 1. The quantitative estimate of drug-likeness (QED) is 0.699. The van der Waals surface area contributed by atoms with Gasteiger partial charge >= 0.3 is 0 Å². The molecule has 2 aromatic heterocycles. The molecule has 4 heteroatoms. The van der Waals surface area contributed by atoms with E-state index >= 15 is 0 Å². The molecule has 0 fully saturated rings. The molecule has 104 valence electrons. The van der Waals surface area contributed by atoms with Crippen LogP contribution in [0.2, 0.25) is 0 Å². The van der Waals surface area contributed by atoms with Crippen molar-refractivity contribution in [2.24, 2.45) is 0 Å². The minimum atomic E-state index is 0.417. The molecule has 0 bridgehead atoms. The number of nitrogens with one attached hydrogen (secondary N) is 1. The summed E-state index contributed by atoms with van der Waals surface area (Å²) in [5.41, 5.74) is 1.28. The molecule has 2 heterocycles. The number of hydrogen-bond donors (Lipinski definition) is 1. The first-order valence-electron chi connectivity index (χ1n) is 6.76. The average molecular weight is 349 g/mol. The van der Waals surface area contributed by atoms with E-state index < -0.39 is 0 Å². The van der Waals surface area contributed by atoms with Gasteiger partial charge in [-0.15, -0.1) is 11.3 Å². The van der Waals surface area contributed by atoms with E-state index in [0.29, 0.717) is 6.04 Å². The van der Waals surface area contributed by atoms with E-state index in [4.69, 9.17) is 0 Å². The van der Waals surface area contributed by atoms with E-state index in [1.54, 1.807) is 0 Å². The van der Waals surface area contributed by atoms with Crippen molar-refractivity contribution < 1.29 is 0 Å². The van der Waals surface area contributed by atoms with Crippen molar-refractivity contribution in [3.8, 4) is 0 Å². The number of para-hydroxylation sites is 1. The highest BCUT2D eigenvalue weighted by Crippen LogP contribution is 2.25. The van der Waals surface area contributed by atoms with Crippen LogP contribution in [-0.4, -0.2) is 11.1 Å². The highest BCUT2D eigenvalue weighted by molar-refractivity contribution is 9.10. The molecule has 3 rings (SSSR count). The number of rotatable bonds is 5. The van der Waals surface area contributed by atoms with Crippen molar-refractivity contribution in [3.63, 3.8) is 0 Å². The number of thiophene rings is 1. The van der Waals surface area contributed by atoms with Gasteiger partial charge in [0.2, 0.25) is 0 Å². The largest absolute Gasteiger partial charge is 0.345 e. The molecule has 2 nitrogen and oxygen atoms in total. The predicted molar refractivity (Wildman–Crippen MR) is 90.4 cm³/mol. The third kappa shape index (κ3) is 2.82. The van der Waals surface area contributed by atoms with Crippen LogP contribution in [0.15, 0.2) is 52.4 Å². The van der Waals surface area contributed by atoms with Gasteiger partial charge in [0.25, 0.3) is 0 Å². The summed E-state index contributed by atoms with van der Waals surface area (Å²) in [7, 11) is 0. The Morgan fingerprint density at radius 1 is 1.25 bits per heavy atom. The van der Waals surface area contributed by atoms with Gasteiger partial charge in [0.05, 0.1) is 0 Å². The maximum Gasteiger partial charge on any atom is 0.0492 e. The van der Waals surface area contributed by atoms with Crippen LogP contribution in [0.5, 0.6) is 0 Å². The summed E-state index contributed by atoms with van der Waals surface area (Å²) in [5.74, 6) is 0. The van der Waals surface area contributed by atoms with Gasteiger partial charge in [0, 0.05) is 45.6 Å². The fraction of sp³-hybridized carbons (Fsp3) is 0.250. The van der Waals surface area contributed by atoms with Crippen molar-refractivity contribution >= 4 is 38.2 Å². The summed E-state index contributed by atoms with van der Waals surface area (Å²) in [4.78, 5) is 1.39. The molecule has 3 aromatic rings. The van der Waals surface area contributed by atoms with Crippen LogP contribution in [0.4, 0.5) is 0 Å². The molecule has 1 N–H and O–H groups in total. The summed E-state index contributed by atoms with van der Waals surface area (Å²) >= 11 is 5.44. The molecule has 0 amide bonds. The fourth-order valence-corrected chi connectivity index (χ4v) is 3.77. The van der Waals surface area contributed by atoms with Crippen LogP contribution in [0.1, 0.15) is 17.8 Å². The van der Waals surface area contributed by atoms with Crippen LogP contribution < -0.4 is 5.32 Å². The van der Waals surface area contributed by atoms with Crippen molar-refractivity contribution in [2.45, 2.75) is 19.5 Å². The SMILES string of the molecule is CC(NCCn1cc(Br)c2ccccc21)c1cccs1. The summed E-state index contributed by atoms with van der Waals surface area (Å²) in [6, 6.07) is 13.2. The van der Waals surface area contributed by atoms with Gasteiger partial charge in [-0.2, -0.15) is 0 Å². The number of hydrogen-bond acceptors (Lipinski definition) is 2. The van der Waals surface area contributed by atoms with E-state index in [1.165, 1.54) is 20.3 Å². The van der Waals surface area contributed by atoms with Gasteiger partial charge in [-0.3, -0.25) is 0 Å². The maximum atomic E-state index is 3.63. The van der Waals surface area contributed by atoms with Gasteiger partial charge in [-0.25, -0.2) is 0 Å². The topological polar surface area (TPSA) is 17.0 Å². The molecule has 20 heavy (non-hydrogen) atoms. The van der Waals surface area contributed by atoms with Crippen LogP contribution in [0.25, 0.3) is 10.9 Å². The first-order chi connectivity index (χ1) is 9.75. The van der Waals surface area contributed by atoms with E-state index in [0.717, 1.165) is 13.1 Å². The Hall–Kier alpha value is -1.10. The Kier molecular flexibility index (Phi) is 4.24. The lowest BCUT2D eigenvalue weighted by molar-refractivity contribution is 0.542. The smallest absolute Gasteiger partial charge is 0.0492 e. The minimum absolute atomic E-state index is 0.417. The highest BCUT2D eigenvalue weighted by Gasteiger charge is 2.07. The van der Waals surface area contributed by atoms with E-state index in [2.05, 4.69) is 80.7 Å². The number of benzene rings is 1. The standard InChI is InChI=1S/C16H17BrN2S/c1-12(16-7-4-10-20-16)18-8-9-19-11-14(17)13-5-2-3-6-15(13)19/h2-7,10-12,18H,8-9H2,1H3. The van der Waals surface area contributed by atoms with Gasteiger partial charge < -0.3 is 9.88 Å². The van der Waals surface area contributed by atoms with Crippen LogP contribution in [0, 0.1) is 0 Å².